The van der Waals surface area contributed by atoms with Crippen LogP contribution in [-0.4, -0.2) is 30.9 Å². The van der Waals surface area contributed by atoms with Gasteiger partial charge in [0.25, 0.3) is 0 Å². The average molecular weight is 244 g/mol. The van der Waals surface area contributed by atoms with Gasteiger partial charge in [-0.3, -0.25) is 4.98 Å². The highest BCUT2D eigenvalue weighted by molar-refractivity contribution is 7.91. The summed E-state index contributed by atoms with van der Waals surface area (Å²) in [7, 11) is -3.04. The van der Waals surface area contributed by atoms with Gasteiger partial charge in [0.15, 0.2) is 9.84 Å². The molecule has 1 aromatic heterocycles. The number of aromatic nitrogens is 1. The van der Waals surface area contributed by atoms with E-state index in [-0.39, 0.29) is 23.6 Å². The number of nitrogens with one attached hydrogen (secondary N) is 1. The Balaban J connectivity index is 2.24. The van der Waals surface area contributed by atoms with Gasteiger partial charge in [-0.1, -0.05) is 0 Å². The SMILES string of the molecule is CC1CS(=O)(=O)CC(c2ccc(F)cn2)N1. The van der Waals surface area contributed by atoms with Crippen molar-refractivity contribution in [3.63, 3.8) is 0 Å². The Kier molecular flexibility index (Phi) is 2.94. The third-order valence-electron chi connectivity index (χ3n) is 2.52. The number of sulfone groups is 1. The van der Waals surface area contributed by atoms with E-state index in [9.17, 15) is 12.8 Å². The Morgan fingerprint density at radius 2 is 2.19 bits per heavy atom. The van der Waals surface area contributed by atoms with Gasteiger partial charge in [0.1, 0.15) is 5.82 Å². The first kappa shape index (κ1) is 11.5. The zero-order chi connectivity index (χ0) is 11.8. The van der Waals surface area contributed by atoms with Crippen molar-refractivity contribution in [3.05, 3.63) is 29.8 Å². The Hall–Kier alpha value is -1.01. The van der Waals surface area contributed by atoms with Gasteiger partial charge in [0.05, 0.1) is 29.4 Å². The molecule has 0 saturated carbocycles. The van der Waals surface area contributed by atoms with Crippen molar-refractivity contribution >= 4 is 9.84 Å². The predicted octanol–water partition coefficient (Wildman–Crippen LogP) is 0.668. The van der Waals surface area contributed by atoms with E-state index in [1.807, 2.05) is 6.92 Å². The average Bonchev–Trinajstić information content (AvgIpc) is 2.15. The van der Waals surface area contributed by atoms with Gasteiger partial charge in [-0.2, -0.15) is 0 Å². The summed E-state index contributed by atoms with van der Waals surface area (Å²) in [6, 6.07) is 2.36. The van der Waals surface area contributed by atoms with E-state index in [4.69, 9.17) is 0 Å². The summed E-state index contributed by atoms with van der Waals surface area (Å²) in [5, 5.41) is 3.14. The smallest absolute Gasteiger partial charge is 0.153 e. The highest BCUT2D eigenvalue weighted by Crippen LogP contribution is 2.19. The third-order valence-corrected chi connectivity index (χ3v) is 4.37. The molecule has 2 heterocycles. The highest BCUT2D eigenvalue weighted by atomic mass is 32.2. The fourth-order valence-corrected chi connectivity index (χ4v) is 3.68. The quantitative estimate of drug-likeness (QED) is 0.788. The molecule has 1 saturated heterocycles. The zero-order valence-electron chi connectivity index (χ0n) is 8.85. The van der Waals surface area contributed by atoms with Crippen LogP contribution in [0.25, 0.3) is 0 Å². The second kappa shape index (κ2) is 4.10. The molecule has 1 aromatic rings. The summed E-state index contributed by atoms with van der Waals surface area (Å²) in [5.41, 5.74) is 0.566. The number of hydrogen-bond donors (Lipinski definition) is 1. The minimum absolute atomic E-state index is 0.0238. The molecule has 2 atom stereocenters. The number of pyridine rings is 1. The summed E-state index contributed by atoms with van der Waals surface area (Å²) in [5.74, 6) is -0.254. The van der Waals surface area contributed by atoms with E-state index < -0.39 is 15.7 Å². The second-order valence-corrected chi connectivity index (χ2v) is 6.25. The third kappa shape index (κ3) is 2.56. The number of rotatable bonds is 1. The lowest BCUT2D eigenvalue weighted by molar-refractivity contribution is 0.461. The Morgan fingerprint density at radius 3 is 2.75 bits per heavy atom. The van der Waals surface area contributed by atoms with E-state index in [0.29, 0.717) is 5.69 Å². The molecule has 88 valence electrons. The van der Waals surface area contributed by atoms with E-state index in [1.54, 1.807) is 0 Å². The van der Waals surface area contributed by atoms with Crippen molar-refractivity contribution < 1.29 is 12.8 Å². The number of halogens is 1. The summed E-state index contributed by atoms with van der Waals surface area (Å²) in [4.78, 5) is 3.90. The summed E-state index contributed by atoms with van der Waals surface area (Å²) in [6.45, 7) is 1.81. The van der Waals surface area contributed by atoms with E-state index in [1.165, 1.54) is 12.1 Å². The Bertz CT molecular complexity index is 472. The normalized spacial score (nSPS) is 28.9. The topological polar surface area (TPSA) is 59.1 Å². The first-order valence-electron chi connectivity index (χ1n) is 5.04. The van der Waals surface area contributed by atoms with Gasteiger partial charge >= 0.3 is 0 Å². The largest absolute Gasteiger partial charge is 0.304 e. The van der Waals surface area contributed by atoms with Crippen molar-refractivity contribution in [2.45, 2.75) is 19.0 Å². The Labute approximate surface area is 93.8 Å². The van der Waals surface area contributed by atoms with Crippen LogP contribution < -0.4 is 5.32 Å². The van der Waals surface area contributed by atoms with Crippen LogP contribution in [0.2, 0.25) is 0 Å². The van der Waals surface area contributed by atoms with E-state index in [0.717, 1.165) is 6.20 Å². The fraction of sp³-hybridized carbons (Fsp3) is 0.500. The molecule has 2 rings (SSSR count). The maximum Gasteiger partial charge on any atom is 0.153 e. The summed E-state index contributed by atoms with van der Waals surface area (Å²) in [6.07, 6.45) is 1.10. The molecular formula is C10H13FN2O2S. The van der Waals surface area contributed by atoms with Crippen LogP contribution in [0.3, 0.4) is 0 Å². The van der Waals surface area contributed by atoms with Crippen LogP contribution in [-0.2, 0) is 9.84 Å². The van der Waals surface area contributed by atoms with Crippen LogP contribution in [0.1, 0.15) is 18.7 Å². The van der Waals surface area contributed by atoms with Crippen LogP contribution in [0.5, 0.6) is 0 Å². The van der Waals surface area contributed by atoms with Gasteiger partial charge in [0, 0.05) is 6.04 Å². The molecule has 2 unspecified atom stereocenters. The molecule has 1 N–H and O–H groups in total. The first-order chi connectivity index (χ1) is 7.46. The van der Waals surface area contributed by atoms with Gasteiger partial charge in [-0.15, -0.1) is 0 Å². The fourth-order valence-electron chi connectivity index (χ4n) is 1.91. The van der Waals surface area contributed by atoms with Gasteiger partial charge in [-0.25, -0.2) is 12.8 Å². The maximum absolute atomic E-state index is 12.7. The molecule has 0 bridgehead atoms. The molecule has 1 aliphatic rings. The van der Waals surface area contributed by atoms with Crippen LogP contribution in [0.15, 0.2) is 18.3 Å². The van der Waals surface area contributed by atoms with Crippen molar-refractivity contribution in [3.8, 4) is 0 Å². The zero-order valence-corrected chi connectivity index (χ0v) is 9.67. The monoisotopic (exact) mass is 244 g/mol. The standard InChI is InChI=1S/C10H13FN2O2S/c1-7-5-16(14,15)6-10(13-7)9-3-2-8(11)4-12-9/h2-4,7,10,13H,5-6H2,1H3. The van der Waals surface area contributed by atoms with E-state index in [2.05, 4.69) is 10.3 Å². The molecule has 16 heavy (non-hydrogen) atoms. The molecule has 0 amide bonds. The maximum atomic E-state index is 12.7. The van der Waals surface area contributed by atoms with Crippen LogP contribution in [0, 0.1) is 5.82 Å². The second-order valence-electron chi connectivity index (χ2n) is 4.10. The van der Waals surface area contributed by atoms with E-state index >= 15 is 0 Å². The minimum Gasteiger partial charge on any atom is -0.304 e. The lowest BCUT2D eigenvalue weighted by Crippen LogP contribution is -2.45. The number of hydrogen-bond acceptors (Lipinski definition) is 4. The van der Waals surface area contributed by atoms with Crippen molar-refractivity contribution in [1.29, 1.82) is 0 Å². The molecule has 0 spiro atoms. The van der Waals surface area contributed by atoms with Gasteiger partial charge < -0.3 is 5.32 Å². The molecular weight excluding hydrogens is 231 g/mol. The van der Waals surface area contributed by atoms with Crippen molar-refractivity contribution in [1.82, 2.24) is 10.3 Å². The Morgan fingerprint density at radius 1 is 1.44 bits per heavy atom. The lowest BCUT2D eigenvalue weighted by atomic mass is 10.2. The predicted molar refractivity (Wildman–Crippen MR) is 58.2 cm³/mol. The summed E-state index contributed by atoms with van der Waals surface area (Å²) < 4.78 is 35.8. The van der Waals surface area contributed by atoms with Crippen LogP contribution in [0.4, 0.5) is 4.39 Å². The first-order valence-corrected chi connectivity index (χ1v) is 6.86. The molecule has 0 aliphatic carbocycles. The lowest BCUT2D eigenvalue weighted by Gasteiger charge is -2.28. The highest BCUT2D eigenvalue weighted by Gasteiger charge is 2.30. The molecule has 1 aliphatic heterocycles. The van der Waals surface area contributed by atoms with Crippen LogP contribution >= 0.6 is 0 Å². The molecule has 4 nitrogen and oxygen atoms in total. The van der Waals surface area contributed by atoms with Gasteiger partial charge in [0.2, 0.25) is 0 Å². The molecule has 0 aromatic carbocycles. The van der Waals surface area contributed by atoms with Gasteiger partial charge in [-0.05, 0) is 19.1 Å². The summed E-state index contributed by atoms with van der Waals surface area (Å²) >= 11 is 0. The van der Waals surface area contributed by atoms with Crippen molar-refractivity contribution in [2.24, 2.45) is 0 Å². The number of nitrogens with zero attached hydrogens (tertiary/aromatic N) is 1. The minimum atomic E-state index is -3.04. The molecule has 0 radical (unpaired) electrons. The van der Waals surface area contributed by atoms with Crippen molar-refractivity contribution in [2.75, 3.05) is 11.5 Å². The molecule has 1 fully saturated rings. The molecule has 6 heteroatoms.